The predicted octanol–water partition coefficient (Wildman–Crippen LogP) is 3.49. The first-order chi connectivity index (χ1) is 11.8. The van der Waals surface area contributed by atoms with E-state index in [0.29, 0.717) is 5.92 Å². The van der Waals surface area contributed by atoms with Crippen LogP contribution in [-0.4, -0.2) is 28.9 Å². The Kier molecular flexibility index (Phi) is 6.36. The van der Waals surface area contributed by atoms with Crippen molar-refractivity contribution in [2.24, 2.45) is 5.92 Å². The normalized spacial score (nSPS) is 21.2. The standard InChI is InChI=1S/C17H21ClN2O5/c1-10-5-3-4-6-14(10)19-16(21)11(2)25-17(22)12-7-8-13(18)15(9-12)20(23)24/h7-11,14H,3-6H2,1-2H3,(H,19,21)/t10-,11+,14+/m0/s1. The third kappa shape index (κ3) is 4.92. The minimum Gasteiger partial charge on any atom is -0.449 e. The number of nitrogens with one attached hydrogen (secondary N) is 1. The maximum atomic E-state index is 12.2. The molecule has 1 aromatic carbocycles. The zero-order valence-corrected chi connectivity index (χ0v) is 14.9. The summed E-state index contributed by atoms with van der Waals surface area (Å²) in [6.45, 7) is 3.57. The quantitative estimate of drug-likeness (QED) is 0.487. The number of hydrogen-bond donors (Lipinski definition) is 1. The smallest absolute Gasteiger partial charge is 0.339 e. The van der Waals surface area contributed by atoms with Gasteiger partial charge in [-0.1, -0.05) is 31.4 Å². The number of nitrogens with zero attached hydrogens (tertiary/aromatic N) is 1. The van der Waals surface area contributed by atoms with Gasteiger partial charge in [0.15, 0.2) is 6.10 Å². The number of amides is 1. The second-order valence-electron chi connectivity index (χ2n) is 6.35. The largest absolute Gasteiger partial charge is 0.449 e. The number of esters is 1. The molecule has 1 fully saturated rings. The summed E-state index contributed by atoms with van der Waals surface area (Å²) in [5, 5.41) is 13.7. The number of halogens is 1. The van der Waals surface area contributed by atoms with Crippen LogP contribution in [0.1, 0.15) is 49.9 Å². The molecule has 1 aliphatic carbocycles. The molecule has 0 radical (unpaired) electrons. The van der Waals surface area contributed by atoms with Crippen LogP contribution in [0.3, 0.4) is 0 Å². The van der Waals surface area contributed by atoms with Crippen LogP contribution in [0.5, 0.6) is 0 Å². The molecule has 1 aromatic rings. The topological polar surface area (TPSA) is 98.5 Å². The summed E-state index contributed by atoms with van der Waals surface area (Å²) in [5.41, 5.74) is -0.411. The maximum absolute atomic E-state index is 12.2. The second-order valence-corrected chi connectivity index (χ2v) is 6.75. The molecule has 0 aromatic heterocycles. The van der Waals surface area contributed by atoms with Crippen LogP contribution < -0.4 is 5.32 Å². The highest BCUT2D eigenvalue weighted by Crippen LogP contribution is 2.26. The summed E-state index contributed by atoms with van der Waals surface area (Å²) in [5.74, 6) is -0.783. The van der Waals surface area contributed by atoms with Crippen LogP contribution in [0, 0.1) is 16.0 Å². The van der Waals surface area contributed by atoms with Gasteiger partial charge in [-0.2, -0.15) is 0 Å². The fraction of sp³-hybridized carbons (Fsp3) is 0.529. The van der Waals surface area contributed by atoms with E-state index in [9.17, 15) is 19.7 Å². The fourth-order valence-corrected chi connectivity index (χ4v) is 3.08. The van der Waals surface area contributed by atoms with Crippen LogP contribution in [0.2, 0.25) is 5.02 Å². The van der Waals surface area contributed by atoms with Crippen molar-refractivity contribution in [3.63, 3.8) is 0 Å². The Morgan fingerprint density at radius 3 is 2.68 bits per heavy atom. The first kappa shape index (κ1) is 19.2. The molecule has 3 atom stereocenters. The summed E-state index contributed by atoms with van der Waals surface area (Å²) in [6.07, 6.45) is 3.21. The van der Waals surface area contributed by atoms with E-state index < -0.39 is 17.0 Å². The molecule has 7 nitrogen and oxygen atoms in total. The Morgan fingerprint density at radius 2 is 2.04 bits per heavy atom. The van der Waals surface area contributed by atoms with Gasteiger partial charge < -0.3 is 10.1 Å². The highest BCUT2D eigenvalue weighted by atomic mass is 35.5. The van der Waals surface area contributed by atoms with Gasteiger partial charge in [0.05, 0.1) is 10.5 Å². The zero-order chi connectivity index (χ0) is 18.6. The van der Waals surface area contributed by atoms with E-state index in [-0.39, 0.29) is 28.2 Å². The van der Waals surface area contributed by atoms with Crippen molar-refractivity contribution >= 4 is 29.2 Å². The van der Waals surface area contributed by atoms with Gasteiger partial charge in [0, 0.05) is 12.1 Å². The molecule has 25 heavy (non-hydrogen) atoms. The number of carbonyl (C=O) groups excluding carboxylic acids is 2. The highest BCUT2D eigenvalue weighted by Gasteiger charge is 2.27. The van der Waals surface area contributed by atoms with Crippen molar-refractivity contribution in [3.8, 4) is 0 Å². The Morgan fingerprint density at radius 1 is 1.36 bits per heavy atom. The first-order valence-electron chi connectivity index (χ1n) is 8.25. The van der Waals surface area contributed by atoms with E-state index in [0.717, 1.165) is 31.7 Å². The van der Waals surface area contributed by atoms with E-state index >= 15 is 0 Å². The van der Waals surface area contributed by atoms with Gasteiger partial charge in [-0.3, -0.25) is 14.9 Å². The van der Waals surface area contributed by atoms with Crippen molar-refractivity contribution in [1.82, 2.24) is 5.32 Å². The maximum Gasteiger partial charge on any atom is 0.339 e. The van der Waals surface area contributed by atoms with E-state index in [1.807, 2.05) is 0 Å². The molecule has 0 aliphatic heterocycles. The van der Waals surface area contributed by atoms with Crippen molar-refractivity contribution in [2.45, 2.75) is 51.7 Å². The summed E-state index contributed by atoms with van der Waals surface area (Å²) in [4.78, 5) is 34.6. The minimum atomic E-state index is -0.989. The lowest BCUT2D eigenvalue weighted by Crippen LogP contribution is -2.45. The van der Waals surface area contributed by atoms with Crippen LogP contribution in [0.4, 0.5) is 5.69 Å². The number of rotatable bonds is 5. The van der Waals surface area contributed by atoms with E-state index in [4.69, 9.17) is 16.3 Å². The summed E-state index contributed by atoms with van der Waals surface area (Å²) in [7, 11) is 0. The molecule has 1 N–H and O–H groups in total. The molecule has 8 heteroatoms. The van der Waals surface area contributed by atoms with E-state index in [2.05, 4.69) is 12.2 Å². The van der Waals surface area contributed by atoms with Crippen molar-refractivity contribution in [1.29, 1.82) is 0 Å². The Bertz CT molecular complexity index is 679. The molecule has 0 unspecified atom stereocenters. The third-order valence-electron chi connectivity index (χ3n) is 4.47. The SMILES string of the molecule is C[C@@H](OC(=O)c1ccc(Cl)c([N+](=O)[O-])c1)C(=O)N[C@@H]1CCCC[C@@H]1C. The van der Waals surface area contributed by atoms with Crippen LogP contribution >= 0.6 is 11.6 Å². The van der Waals surface area contributed by atoms with Gasteiger partial charge in [-0.15, -0.1) is 0 Å². The summed E-state index contributed by atoms with van der Waals surface area (Å²) < 4.78 is 5.13. The Hall–Kier alpha value is -2.15. The predicted molar refractivity (Wildman–Crippen MR) is 92.5 cm³/mol. The van der Waals surface area contributed by atoms with Crippen LogP contribution in [0.25, 0.3) is 0 Å². The molecule has 0 heterocycles. The van der Waals surface area contributed by atoms with Gasteiger partial charge in [-0.05, 0) is 37.8 Å². The third-order valence-corrected chi connectivity index (χ3v) is 4.79. The van der Waals surface area contributed by atoms with Gasteiger partial charge in [-0.25, -0.2) is 4.79 Å². The van der Waals surface area contributed by atoms with Gasteiger partial charge >= 0.3 is 5.97 Å². The zero-order valence-electron chi connectivity index (χ0n) is 14.2. The number of carbonyl (C=O) groups is 2. The molecular weight excluding hydrogens is 348 g/mol. The number of nitro groups is 1. The lowest BCUT2D eigenvalue weighted by molar-refractivity contribution is -0.384. The summed E-state index contributed by atoms with van der Waals surface area (Å²) >= 11 is 5.72. The van der Waals surface area contributed by atoms with E-state index in [1.54, 1.807) is 0 Å². The minimum absolute atomic E-state index is 0.0261. The lowest BCUT2D eigenvalue weighted by Gasteiger charge is -2.30. The first-order valence-corrected chi connectivity index (χ1v) is 8.62. The van der Waals surface area contributed by atoms with Crippen molar-refractivity contribution in [3.05, 3.63) is 38.9 Å². The molecule has 0 spiro atoms. The molecule has 136 valence electrons. The number of ether oxygens (including phenoxy) is 1. The molecule has 0 saturated heterocycles. The number of hydrogen-bond acceptors (Lipinski definition) is 5. The molecular formula is C17H21ClN2O5. The van der Waals surface area contributed by atoms with Crippen LogP contribution in [0.15, 0.2) is 18.2 Å². The van der Waals surface area contributed by atoms with Gasteiger partial charge in [0.1, 0.15) is 5.02 Å². The average Bonchev–Trinajstić information content (AvgIpc) is 2.56. The fourth-order valence-electron chi connectivity index (χ4n) is 2.89. The summed E-state index contributed by atoms with van der Waals surface area (Å²) in [6, 6.07) is 3.70. The molecule has 1 amide bonds. The van der Waals surface area contributed by atoms with Gasteiger partial charge in [0.2, 0.25) is 0 Å². The molecule has 0 bridgehead atoms. The molecule has 1 aliphatic rings. The molecule has 2 rings (SSSR count). The van der Waals surface area contributed by atoms with Crippen molar-refractivity contribution in [2.75, 3.05) is 0 Å². The van der Waals surface area contributed by atoms with Crippen molar-refractivity contribution < 1.29 is 19.2 Å². The van der Waals surface area contributed by atoms with Crippen LogP contribution in [-0.2, 0) is 9.53 Å². The van der Waals surface area contributed by atoms with E-state index in [1.165, 1.54) is 19.1 Å². The Balaban J connectivity index is 1.98. The second kappa shape index (κ2) is 8.29. The highest BCUT2D eigenvalue weighted by molar-refractivity contribution is 6.32. The number of benzene rings is 1. The lowest BCUT2D eigenvalue weighted by atomic mass is 9.86. The van der Waals surface area contributed by atoms with Gasteiger partial charge in [0.25, 0.3) is 11.6 Å². The Labute approximate surface area is 150 Å². The molecule has 1 saturated carbocycles. The average molecular weight is 369 g/mol. The number of nitro benzene ring substituents is 1. The monoisotopic (exact) mass is 368 g/mol.